The molecule has 7 nitrogen and oxygen atoms in total. The predicted molar refractivity (Wildman–Crippen MR) is 139 cm³/mol. The zero-order valence-corrected chi connectivity index (χ0v) is 19.6. The van der Waals surface area contributed by atoms with Crippen LogP contribution in [-0.4, -0.2) is 23.6 Å². The molecule has 0 aliphatic rings. The number of esters is 1. The molecular formula is C26H24N4O3S. The van der Waals surface area contributed by atoms with E-state index < -0.39 is 5.97 Å². The summed E-state index contributed by atoms with van der Waals surface area (Å²) in [5.41, 5.74) is 11.3. The first kappa shape index (κ1) is 23.0. The molecule has 0 saturated heterocycles. The Hall–Kier alpha value is -4.17. The minimum atomic E-state index is -0.404. The largest absolute Gasteiger partial charge is 0.463 e. The number of nitrogens with one attached hydrogen (secondary N) is 2. The molecule has 0 bridgehead atoms. The lowest BCUT2D eigenvalue weighted by Gasteiger charge is -2.09. The van der Waals surface area contributed by atoms with Gasteiger partial charge < -0.3 is 21.1 Å². The second kappa shape index (κ2) is 10.2. The van der Waals surface area contributed by atoms with E-state index in [0.717, 1.165) is 38.0 Å². The number of nitrogens with two attached hydrogens (primary N) is 1. The Morgan fingerprint density at radius 3 is 2.62 bits per heavy atom. The first-order valence-corrected chi connectivity index (χ1v) is 11.6. The van der Waals surface area contributed by atoms with Crippen LogP contribution in [0.25, 0.3) is 27.3 Å². The van der Waals surface area contributed by atoms with Crippen molar-refractivity contribution in [1.29, 1.82) is 0 Å². The number of carbonyl (C=O) groups is 2. The number of anilines is 3. The third-order valence-corrected chi connectivity index (χ3v) is 6.10. The fraction of sp³-hybridized carbons (Fsp3) is 0.115. The van der Waals surface area contributed by atoms with Gasteiger partial charge in [0.25, 0.3) is 0 Å². The summed E-state index contributed by atoms with van der Waals surface area (Å²) in [7, 11) is 0. The Kier molecular flexibility index (Phi) is 6.89. The number of hydrogen-bond donors (Lipinski definition) is 3. The van der Waals surface area contributed by atoms with E-state index in [0.29, 0.717) is 18.1 Å². The van der Waals surface area contributed by atoms with Gasteiger partial charge in [0.2, 0.25) is 0 Å². The smallest absolute Gasteiger partial charge is 0.330 e. The summed E-state index contributed by atoms with van der Waals surface area (Å²) in [6, 6.07) is 14.8. The quantitative estimate of drug-likeness (QED) is 0.233. The standard InChI is InChI=1S/C26H24N4O3S/c1-3-33-22(31)12-9-18-14-28-25(27)23-21(15-34-24(18)23)17-7-10-19(11-8-17)29-26(32)30-20-6-4-5-16(2)13-20/h4-15H,3H2,1-2H3,(H2,27,28)(H2,29,30,32). The zero-order valence-electron chi connectivity index (χ0n) is 18.8. The molecule has 4 rings (SSSR count). The van der Waals surface area contributed by atoms with E-state index in [2.05, 4.69) is 15.6 Å². The number of hydrogen-bond acceptors (Lipinski definition) is 6. The zero-order chi connectivity index (χ0) is 24.1. The summed E-state index contributed by atoms with van der Waals surface area (Å²) < 4.78 is 5.88. The highest BCUT2D eigenvalue weighted by Gasteiger charge is 2.14. The number of aryl methyl sites for hydroxylation is 1. The number of pyridine rings is 1. The van der Waals surface area contributed by atoms with Crippen molar-refractivity contribution >= 4 is 56.7 Å². The maximum atomic E-state index is 12.3. The second-order valence-corrected chi connectivity index (χ2v) is 8.44. The molecule has 0 fully saturated rings. The van der Waals surface area contributed by atoms with Crippen LogP contribution in [0.3, 0.4) is 0 Å². The highest BCUT2D eigenvalue weighted by Crippen LogP contribution is 2.39. The highest BCUT2D eigenvalue weighted by atomic mass is 32.1. The third kappa shape index (κ3) is 5.24. The fourth-order valence-electron chi connectivity index (χ4n) is 3.52. The minimum absolute atomic E-state index is 0.314. The van der Waals surface area contributed by atoms with Crippen LogP contribution in [0.2, 0.25) is 0 Å². The molecule has 8 heteroatoms. The van der Waals surface area contributed by atoms with Crippen LogP contribution in [0.1, 0.15) is 18.1 Å². The molecule has 2 heterocycles. The van der Waals surface area contributed by atoms with Gasteiger partial charge in [-0.3, -0.25) is 0 Å². The van der Waals surface area contributed by atoms with Gasteiger partial charge >= 0.3 is 12.0 Å². The van der Waals surface area contributed by atoms with E-state index in [9.17, 15) is 9.59 Å². The number of carbonyl (C=O) groups excluding carboxylic acids is 2. The molecule has 2 aromatic carbocycles. The number of ether oxygens (including phenoxy) is 1. The molecule has 34 heavy (non-hydrogen) atoms. The molecule has 0 atom stereocenters. The van der Waals surface area contributed by atoms with Crippen molar-refractivity contribution in [1.82, 2.24) is 4.98 Å². The molecule has 4 N–H and O–H groups in total. The van der Waals surface area contributed by atoms with Crippen molar-refractivity contribution in [2.24, 2.45) is 0 Å². The number of thiophene rings is 1. The Labute approximate surface area is 201 Å². The molecule has 0 aliphatic heterocycles. The molecule has 2 aromatic heterocycles. The van der Waals surface area contributed by atoms with Crippen LogP contribution in [-0.2, 0) is 9.53 Å². The van der Waals surface area contributed by atoms with E-state index in [-0.39, 0.29) is 6.03 Å². The van der Waals surface area contributed by atoms with Crippen molar-refractivity contribution in [3.05, 3.63) is 77.3 Å². The number of nitrogen functional groups attached to an aromatic ring is 1. The number of amides is 2. The van der Waals surface area contributed by atoms with Crippen LogP contribution in [0.15, 0.2) is 66.2 Å². The van der Waals surface area contributed by atoms with Gasteiger partial charge in [0, 0.05) is 44.9 Å². The summed E-state index contributed by atoms with van der Waals surface area (Å²) in [6.07, 6.45) is 4.72. The van der Waals surface area contributed by atoms with Crippen LogP contribution >= 0.6 is 11.3 Å². The molecule has 2 amide bonds. The number of nitrogens with zero attached hydrogens (tertiary/aromatic N) is 1. The fourth-order valence-corrected chi connectivity index (χ4v) is 4.59. The number of benzene rings is 2. The lowest BCUT2D eigenvalue weighted by molar-refractivity contribution is -0.137. The first-order valence-electron chi connectivity index (χ1n) is 10.7. The topological polar surface area (TPSA) is 106 Å². The van der Waals surface area contributed by atoms with Crippen LogP contribution < -0.4 is 16.4 Å². The van der Waals surface area contributed by atoms with Crippen LogP contribution in [0.4, 0.5) is 22.0 Å². The maximum Gasteiger partial charge on any atom is 0.330 e. The number of urea groups is 1. The van der Waals surface area contributed by atoms with E-state index >= 15 is 0 Å². The number of fused-ring (bicyclic) bond motifs is 1. The molecule has 0 unspecified atom stereocenters. The summed E-state index contributed by atoms with van der Waals surface area (Å²) in [5, 5.41) is 8.51. The average molecular weight is 473 g/mol. The summed E-state index contributed by atoms with van der Waals surface area (Å²) in [4.78, 5) is 28.3. The molecule has 0 radical (unpaired) electrons. The second-order valence-electron chi connectivity index (χ2n) is 7.56. The van der Waals surface area contributed by atoms with E-state index in [1.54, 1.807) is 19.2 Å². The molecule has 172 valence electrons. The Morgan fingerprint density at radius 2 is 1.88 bits per heavy atom. The Bertz CT molecular complexity index is 1380. The molecule has 0 aliphatic carbocycles. The average Bonchev–Trinajstić information content (AvgIpc) is 3.26. The number of aromatic nitrogens is 1. The van der Waals surface area contributed by atoms with Gasteiger partial charge in [-0.2, -0.15) is 0 Å². The third-order valence-electron chi connectivity index (χ3n) is 5.07. The van der Waals surface area contributed by atoms with Gasteiger partial charge in [-0.25, -0.2) is 14.6 Å². The van der Waals surface area contributed by atoms with Crippen molar-refractivity contribution in [2.45, 2.75) is 13.8 Å². The summed E-state index contributed by atoms with van der Waals surface area (Å²) in [5.74, 6) is 0.0121. The van der Waals surface area contributed by atoms with Crippen LogP contribution in [0, 0.1) is 6.92 Å². The van der Waals surface area contributed by atoms with Gasteiger partial charge in [-0.05, 0) is 60.7 Å². The lowest BCUT2D eigenvalue weighted by atomic mass is 10.0. The van der Waals surface area contributed by atoms with Gasteiger partial charge in [-0.15, -0.1) is 11.3 Å². The van der Waals surface area contributed by atoms with E-state index in [1.165, 1.54) is 17.4 Å². The monoisotopic (exact) mass is 472 g/mol. The Balaban J connectivity index is 1.54. The number of rotatable bonds is 6. The minimum Gasteiger partial charge on any atom is -0.463 e. The molecule has 0 saturated carbocycles. The van der Waals surface area contributed by atoms with Gasteiger partial charge in [0.1, 0.15) is 5.82 Å². The van der Waals surface area contributed by atoms with E-state index in [1.807, 2.05) is 60.8 Å². The van der Waals surface area contributed by atoms with Gasteiger partial charge in [0.05, 0.1) is 6.61 Å². The van der Waals surface area contributed by atoms with Crippen molar-refractivity contribution in [3.8, 4) is 11.1 Å². The van der Waals surface area contributed by atoms with E-state index in [4.69, 9.17) is 10.5 Å². The van der Waals surface area contributed by atoms with Crippen molar-refractivity contribution in [2.75, 3.05) is 23.0 Å². The summed E-state index contributed by atoms with van der Waals surface area (Å²) >= 11 is 1.53. The Morgan fingerprint density at radius 1 is 1.12 bits per heavy atom. The first-order chi connectivity index (χ1) is 16.4. The van der Waals surface area contributed by atoms with Gasteiger partial charge in [0.15, 0.2) is 0 Å². The van der Waals surface area contributed by atoms with Crippen molar-refractivity contribution in [3.63, 3.8) is 0 Å². The van der Waals surface area contributed by atoms with Crippen LogP contribution in [0.5, 0.6) is 0 Å². The summed E-state index contributed by atoms with van der Waals surface area (Å²) in [6.45, 7) is 4.05. The molecule has 0 spiro atoms. The van der Waals surface area contributed by atoms with Crippen molar-refractivity contribution < 1.29 is 14.3 Å². The van der Waals surface area contributed by atoms with Gasteiger partial charge in [-0.1, -0.05) is 24.3 Å². The predicted octanol–water partition coefficient (Wildman–Crippen LogP) is 6.07. The SMILES string of the molecule is CCOC(=O)C=Cc1cnc(N)c2c(-c3ccc(NC(=O)Nc4cccc(C)c4)cc3)csc12. The molecular weight excluding hydrogens is 448 g/mol. The highest BCUT2D eigenvalue weighted by molar-refractivity contribution is 7.18. The lowest BCUT2D eigenvalue weighted by Crippen LogP contribution is -2.19. The molecule has 4 aromatic rings. The maximum absolute atomic E-state index is 12.3. The normalized spacial score (nSPS) is 11.0.